The van der Waals surface area contributed by atoms with Crippen LogP contribution in [0.4, 0.5) is 4.79 Å². The molecule has 1 aliphatic heterocycles. The van der Waals surface area contributed by atoms with Crippen LogP contribution in [0.3, 0.4) is 0 Å². The third kappa shape index (κ3) is 1.69. The van der Waals surface area contributed by atoms with Crippen LogP contribution in [-0.2, 0) is 0 Å². The largest absolute Gasteiger partial charge is 0.465 e. The van der Waals surface area contributed by atoms with Gasteiger partial charge in [0.05, 0.1) is 0 Å². The summed E-state index contributed by atoms with van der Waals surface area (Å²) in [5.41, 5.74) is 0. The lowest BCUT2D eigenvalue weighted by Gasteiger charge is -2.24. The average molecular weight is 173 g/mol. The normalized spacial score (nSPS) is 29.3. The van der Waals surface area contributed by atoms with E-state index in [-0.39, 0.29) is 18.7 Å². The molecule has 2 N–H and O–H groups in total. The molecule has 0 aromatic carbocycles. The second-order valence-electron chi connectivity index (χ2n) is 3.28. The third-order valence-corrected chi connectivity index (χ3v) is 2.47. The molecule has 70 valence electrons. The van der Waals surface area contributed by atoms with Gasteiger partial charge in [-0.15, -0.1) is 0 Å². The maximum absolute atomic E-state index is 10.7. The predicted octanol–water partition coefficient (Wildman–Crippen LogP) is 0.900. The van der Waals surface area contributed by atoms with Crippen molar-refractivity contribution in [2.45, 2.75) is 38.3 Å². The van der Waals surface area contributed by atoms with Crippen molar-refractivity contribution in [1.29, 1.82) is 0 Å². The van der Waals surface area contributed by atoms with Crippen LogP contribution in [0, 0.1) is 0 Å². The highest BCUT2D eigenvalue weighted by molar-refractivity contribution is 5.66. The molecule has 0 aliphatic carbocycles. The molecule has 2 atom stereocenters. The maximum Gasteiger partial charge on any atom is 0.407 e. The predicted molar refractivity (Wildman–Crippen MR) is 44.1 cm³/mol. The van der Waals surface area contributed by atoms with E-state index in [0.29, 0.717) is 6.42 Å². The molecule has 0 bridgehead atoms. The lowest BCUT2D eigenvalue weighted by Crippen LogP contribution is -2.39. The molecule has 0 aromatic heterocycles. The van der Waals surface area contributed by atoms with E-state index >= 15 is 0 Å². The number of amides is 1. The number of hydrogen-bond donors (Lipinski definition) is 2. The van der Waals surface area contributed by atoms with E-state index < -0.39 is 6.09 Å². The van der Waals surface area contributed by atoms with Gasteiger partial charge in [0.25, 0.3) is 0 Å². The van der Waals surface area contributed by atoms with Crippen LogP contribution in [0.25, 0.3) is 0 Å². The Morgan fingerprint density at radius 2 is 2.25 bits per heavy atom. The Morgan fingerprint density at radius 1 is 1.58 bits per heavy atom. The number of aliphatic hydroxyl groups excluding tert-OH is 1. The first kappa shape index (κ1) is 9.32. The molecule has 4 nitrogen and oxygen atoms in total. The monoisotopic (exact) mass is 173 g/mol. The molecule has 12 heavy (non-hydrogen) atoms. The Hall–Kier alpha value is -0.770. The number of likely N-dealkylation sites (tertiary alicyclic amines) is 1. The van der Waals surface area contributed by atoms with Gasteiger partial charge in [-0.2, -0.15) is 0 Å². The van der Waals surface area contributed by atoms with Crippen LogP contribution in [0.2, 0.25) is 0 Å². The molecule has 1 fully saturated rings. The van der Waals surface area contributed by atoms with E-state index in [2.05, 4.69) is 0 Å². The van der Waals surface area contributed by atoms with Gasteiger partial charge in [-0.25, -0.2) is 4.79 Å². The number of hydrogen-bond acceptors (Lipinski definition) is 2. The smallest absolute Gasteiger partial charge is 0.407 e. The molecule has 1 rings (SSSR count). The van der Waals surface area contributed by atoms with Crippen LogP contribution >= 0.6 is 0 Å². The molecule has 1 saturated heterocycles. The highest BCUT2D eigenvalue weighted by Gasteiger charge is 2.33. The Labute approximate surface area is 71.8 Å². The molecule has 1 amide bonds. The minimum absolute atomic E-state index is 0.0301. The quantitative estimate of drug-likeness (QED) is 0.652. The molecular formula is C8H15NO3. The Kier molecular flexibility index (Phi) is 2.92. The first-order valence-electron chi connectivity index (χ1n) is 4.29. The second kappa shape index (κ2) is 3.76. The summed E-state index contributed by atoms with van der Waals surface area (Å²) in [5.74, 6) is 0. The molecule has 1 aliphatic rings. The van der Waals surface area contributed by atoms with Crippen LogP contribution in [0.1, 0.15) is 26.2 Å². The topological polar surface area (TPSA) is 60.8 Å². The number of nitrogens with zero attached hydrogens (tertiary/aromatic N) is 1. The van der Waals surface area contributed by atoms with Gasteiger partial charge in [-0.3, -0.25) is 0 Å². The summed E-state index contributed by atoms with van der Waals surface area (Å²) in [6.45, 7) is 1.98. The highest BCUT2D eigenvalue weighted by atomic mass is 16.4. The first-order chi connectivity index (χ1) is 5.66. The van der Waals surface area contributed by atoms with Crippen molar-refractivity contribution in [3.8, 4) is 0 Å². The molecule has 0 spiro atoms. The van der Waals surface area contributed by atoms with Crippen LogP contribution in [0.15, 0.2) is 0 Å². The zero-order valence-corrected chi connectivity index (χ0v) is 7.23. The fourth-order valence-corrected chi connectivity index (χ4v) is 1.85. The lowest BCUT2D eigenvalue weighted by atomic mass is 10.1. The first-order valence-corrected chi connectivity index (χ1v) is 4.29. The SMILES string of the molecule is CC1CCC(CCO)N1C(=O)O. The molecule has 0 aromatic rings. The van der Waals surface area contributed by atoms with E-state index in [1.165, 1.54) is 4.90 Å². The summed E-state index contributed by atoms with van der Waals surface area (Å²) in [5, 5.41) is 17.5. The summed E-state index contributed by atoms with van der Waals surface area (Å²) in [6, 6.07) is 0.140. The number of aliphatic hydroxyl groups is 1. The minimum Gasteiger partial charge on any atom is -0.465 e. The van der Waals surface area contributed by atoms with Gasteiger partial charge in [0, 0.05) is 18.7 Å². The molecule has 0 radical (unpaired) electrons. The minimum atomic E-state index is -0.863. The Bertz CT molecular complexity index is 170. The van der Waals surface area contributed by atoms with E-state index in [1.54, 1.807) is 0 Å². The maximum atomic E-state index is 10.7. The molecule has 1 heterocycles. The standard InChI is InChI=1S/C8H15NO3/c1-6-2-3-7(4-5-10)9(6)8(11)12/h6-7,10H,2-5H2,1H3,(H,11,12). The van der Waals surface area contributed by atoms with Gasteiger partial charge in [-0.05, 0) is 26.2 Å². The summed E-state index contributed by atoms with van der Waals surface area (Å²) >= 11 is 0. The molecule has 4 heteroatoms. The number of carboxylic acid groups (broad SMARTS) is 1. The van der Waals surface area contributed by atoms with Gasteiger partial charge in [0.2, 0.25) is 0 Å². The Balaban J connectivity index is 2.57. The summed E-state index contributed by atoms with van der Waals surface area (Å²) in [7, 11) is 0. The van der Waals surface area contributed by atoms with Crippen LogP contribution < -0.4 is 0 Å². The van der Waals surface area contributed by atoms with Gasteiger partial charge in [0.15, 0.2) is 0 Å². The van der Waals surface area contributed by atoms with Gasteiger partial charge in [-0.1, -0.05) is 0 Å². The van der Waals surface area contributed by atoms with Gasteiger partial charge < -0.3 is 15.1 Å². The van der Waals surface area contributed by atoms with Crippen molar-refractivity contribution in [2.24, 2.45) is 0 Å². The fraction of sp³-hybridized carbons (Fsp3) is 0.875. The molecule has 2 unspecified atom stereocenters. The third-order valence-electron chi connectivity index (χ3n) is 2.47. The summed E-state index contributed by atoms with van der Waals surface area (Å²) < 4.78 is 0. The highest BCUT2D eigenvalue weighted by Crippen LogP contribution is 2.25. The molecule has 0 saturated carbocycles. The van der Waals surface area contributed by atoms with E-state index in [4.69, 9.17) is 10.2 Å². The van der Waals surface area contributed by atoms with E-state index in [1.807, 2.05) is 6.92 Å². The number of carbonyl (C=O) groups is 1. The lowest BCUT2D eigenvalue weighted by molar-refractivity contribution is 0.117. The van der Waals surface area contributed by atoms with Crippen molar-refractivity contribution >= 4 is 6.09 Å². The average Bonchev–Trinajstić information content (AvgIpc) is 2.32. The number of rotatable bonds is 2. The Morgan fingerprint density at radius 3 is 2.75 bits per heavy atom. The van der Waals surface area contributed by atoms with Crippen molar-refractivity contribution < 1.29 is 15.0 Å². The van der Waals surface area contributed by atoms with E-state index in [0.717, 1.165) is 12.8 Å². The van der Waals surface area contributed by atoms with E-state index in [9.17, 15) is 4.79 Å². The fourth-order valence-electron chi connectivity index (χ4n) is 1.85. The molecular weight excluding hydrogens is 158 g/mol. The van der Waals surface area contributed by atoms with Crippen molar-refractivity contribution in [3.63, 3.8) is 0 Å². The zero-order valence-electron chi connectivity index (χ0n) is 7.23. The summed E-state index contributed by atoms with van der Waals surface area (Å²) in [4.78, 5) is 12.2. The van der Waals surface area contributed by atoms with Crippen molar-refractivity contribution in [1.82, 2.24) is 4.90 Å². The van der Waals surface area contributed by atoms with Crippen molar-refractivity contribution in [2.75, 3.05) is 6.61 Å². The van der Waals surface area contributed by atoms with Gasteiger partial charge in [0.1, 0.15) is 0 Å². The van der Waals surface area contributed by atoms with Gasteiger partial charge >= 0.3 is 6.09 Å². The summed E-state index contributed by atoms with van der Waals surface area (Å²) in [6.07, 6.45) is 1.50. The zero-order chi connectivity index (χ0) is 9.14. The van der Waals surface area contributed by atoms with Crippen LogP contribution in [0.5, 0.6) is 0 Å². The second-order valence-corrected chi connectivity index (χ2v) is 3.28. The van der Waals surface area contributed by atoms with Crippen LogP contribution in [-0.4, -0.2) is 39.9 Å². The van der Waals surface area contributed by atoms with Crippen molar-refractivity contribution in [3.05, 3.63) is 0 Å².